The maximum atomic E-state index is 14.6. The Morgan fingerprint density at radius 1 is 0.580 bits per heavy atom. The Balaban J connectivity index is 1.58. The predicted octanol–water partition coefficient (Wildman–Crippen LogP) is 5.26. The number of nitrogens with one attached hydrogen (secondary N) is 7. The summed E-state index contributed by atoms with van der Waals surface area (Å²) >= 11 is 0. The van der Waals surface area contributed by atoms with Crippen LogP contribution in [-0.4, -0.2) is 277 Å². The first kappa shape index (κ1) is 98.6. The third kappa shape index (κ3) is 33.8. The monoisotopic (exact) mass is 1590 g/mol. The highest BCUT2D eigenvalue weighted by Crippen LogP contribution is 2.31. The summed E-state index contributed by atoms with van der Waals surface area (Å²) < 4.78 is 45.1. The lowest BCUT2D eigenvalue weighted by atomic mass is 9.89. The fourth-order valence-electron chi connectivity index (χ4n) is 13.8. The molecular formula is C81H139N11O20. The number of alkyl carbamates (subject to hydrolysis) is 1. The molecule has 0 saturated carbocycles. The molecule has 3 rings (SSSR count). The molecule has 2 aliphatic rings. The van der Waals surface area contributed by atoms with Crippen LogP contribution in [0.25, 0.3) is 0 Å². The summed E-state index contributed by atoms with van der Waals surface area (Å²) in [6, 6.07) is 2.35. The van der Waals surface area contributed by atoms with Crippen molar-refractivity contribution in [2.45, 2.75) is 260 Å². The molecular weight excluding hydrogens is 1450 g/mol. The van der Waals surface area contributed by atoms with Crippen molar-refractivity contribution in [2.75, 3.05) is 114 Å². The third-order valence-corrected chi connectivity index (χ3v) is 20.0. The Labute approximate surface area is 666 Å². The van der Waals surface area contributed by atoms with Crippen molar-refractivity contribution in [1.82, 2.24) is 56.8 Å². The number of rotatable bonds is 49. The average Bonchev–Trinajstić information content (AvgIpc) is 1.62. The number of hydrogen-bond donors (Lipinski definition) is 7. The molecule has 0 unspecified atom stereocenters. The van der Waals surface area contributed by atoms with Crippen LogP contribution in [0.4, 0.5) is 4.79 Å². The molecule has 2 saturated heterocycles. The third-order valence-electron chi connectivity index (χ3n) is 20.0. The van der Waals surface area contributed by atoms with Gasteiger partial charge in [0.1, 0.15) is 41.4 Å². The molecule has 0 spiro atoms. The first-order chi connectivity index (χ1) is 52.5. The highest BCUT2D eigenvalue weighted by Gasteiger charge is 2.45. The second kappa shape index (κ2) is 48.6. The number of esters is 2. The Hall–Kier alpha value is -7.58. The van der Waals surface area contributed by atoms with E-state index < -0.39 is 149 Å². The molecule has 7 N–H and O–H groups in total. The topological polar surface area (TPSA) is 376 Å². The van der Waals surface area contributed by atoms with E-state index in [2.05, 4.69) is 37.2 Å². The van der Waals surface area contributed by atoms with Gasteiger partial charge in [-0.1, -0.05) is 99.1 Å². The maximum Gasteiger partial charge on any atom is 0.407 e. The van der Waals surface area contributed by atoms with E-state index in [0.29, 0.717) is 32.2 Å². The fourth-order valence-corrected chi connectivity index (χ4v) is 13.8. The highest BCUT2D eigenvalue weighted by atomic mass is 16.6. The van der Waals surface area contributed by atoms with Gasteiger partial charge in [0.15, 0.2) is 0 Å². The quantitative estimate of drug-likeness (QED) is 0.0248. The number of ether oxygens (including phenoxy) is 8. The number of carbonyl (C=O) groups is 12. The van der Waals surface area contributed by atoms with E-state index in [1.54, 1.807) is 93.0 Å². The molecule has 0 bridgehead atoms. The van der Waals surface area contributed by atoms with E-state index in [9.17, 15) is 57.5 Å². The largest absolute Gasteiger partial charge is 0.465 e. The summed E-state index contributed by atoms with van der Waals surface area (Å²) in [5, 5.41) is 19.8. The molecule has 2 heterocycles. The van der Waals surface area contributed by atoms with E-state index >= 15 is 0 Å². The molecule has 2 fully saturated rings. The number of benzene rings is 1. The van der Waals surface area contributed by atoms with Crippen molar-refractivity contribution in [2.24, 2.45) is 35.0 Å². The number of amides is 10. The van der Waals surface area contributed by atoms with Gasteiger partial charge >= 0.3 is 18.0 Å². The zero-order chi connectivity index (χ0) is 84.4. The minimum absolute atomic E-state index is 0.0111. The van der Waals surface area contributed by atoms with Crippen molar-refractivity contribution in [3.63, 3.8) is 0 Å². The maximum absolute atomic E-state index is 14.6. The highest BCUT2D eigenvalue weighted by molar-refractivity contribution is 5.96. The smallest absolute Gasteiger partial charge is 0.407 e. The zero-order valence-corrected chi connectivity index (χ0v) is 71.3. The van der Waals surface area contributed by atoms with Crippen LogP contribution in [-0.2, 0) is 97.1 Å². The molecule has 112 heavy (non-hydrogen) atoms. The van der Waals surface area contributed by atoms with Crippen LogP contribution in [0.5, 0.6) is 0 Å². The molecule has 31 nitrogen and oxygen atoms in total. The summed E-state index contributed by atoms with van der Waals surface area (Å²) in [6.45, 7) is 32.5. The van der Waals surface area contributed by atoms with Gasteiger partial charge < -0.3 is 89.8 Å². The van der Waals surface area contributed by atoms with Crippen molar-refractivity contribution in [3.8, 4) is 0 Å². The molecule has 31 heteroatoms. The van der Waals surface area contributed by atoms with Crippen molar-refractivity contribution < 1.29 is 95.4 Å². The summed E-state index contributed by atoms with van der Waals surface area (Å²) in [4.78, 5) is 172. The van der Waals surface area contributed by atoms with Crippen LogP contribution in [0, 0.1) is 35.0 Å². The molecule has 0 aromatic heterocycles. The van der Waals surface area contributed by atoms with Crippen molar-refractivity contribution in [1.29, 1.82) is 0 Å². The van der Waals surface area contributed by atoms with Crippen molar-refractivity contribution >= 4 is 71.2 Å². The predicted molar refractivity (Wildman–Crippen MR) is 422 cm³/mol. The average molecular weight is 1590 g/mol. The lowest BCUT2D eigenvalue weighted by Crippen LogP contribution is -2.59. The van der Waals surface area contributed by atoms with Crippen LogP contribution in [0.1, 0.15) is 187 Å². The van der Waals surface area contributed by atoms with E-state index in [0.717, 1.165) is 5.56 Å². The second-order valence-electron chi connectivity index (χ2n) is 33.3. The van der Waals surface area contributed by atoms with Gasteiger partial charge in [-0.05, 0) is 137 Å². The molecule has 1 aromatic rings. The standard InChI is InChI=1S/C81H139N11O20/c1-23-54(8)68(90(20)76(102)66(52(4)5)88-74(100)67(53(6)7)89(18)19)61(105-21)50-63(94)91-39-27-32-59(91)69(106-22)55(9)70(96)86-57(48-56-30-25-24-26-31-56)71(97)82-36-29-41-110-77(103)81(16,17)35-37-83-73(99)65(51(2)3)87-72(98)60-33-28-40-92(60)75(101)58(49-64(95)111-79(10,11)12)85-62(93)34-42-107-44-46-109-47-45-108-43-38-84-78(104)112-80(13,14)15/h24-26,30-31,51-55,57-61,65-69H,23,27-29,32-50H2,1-22H3,(H,82,97)(H,83,99)(H,84,104)(H,85,93)(H,86,96)(H,87,98)(H,88,100)/t54-,55+,57-,58-,59-,60-,61+,65-,66-,67-,68-,69+/m0/s1. The number of nitrogens with zero attached hydrogens (tertiary/aromatic N) is 4. The van der Waals surface area contributed by atoms with E-state index in [1.807, 2.05) is 90.9 Å². The van der Waals surface area contributed by atoms with Crippen LogP contribution in [0.2, 0.25) is 0 Å². The van der Waals surface area contributed by atoms with Gasteiger partial charge in [-0.25, -0.2) is 4.79 Å². The fraction of sp³-hybridized carbons (Fsp3) is 0.778. The van der Waals surface area contributed by atoms with Gasteiger partial charge in [0.2, 0.25) is 53.2 Å². The van der Waals surface area contributed by atoms with Gasteiger partial charge in [0.05, 0.1) is 101 Å². The van der Waals surface area contributed by atoms with Crippen LogP contribution < -0.4 is 37.2 Å². The Bertz CT molecular complexity index is 3130. The van der Waals surface area contributed by atoms with Crippen LogP contribution in [0.15, 0.2) is 30.3 Å². The van der Waals surface area contributed by atoms with Gasteiger partial charge in [-0.2, -0.15) is 0 Å². The summed E-state index contributed by atoms with van der Waals surface area (Å²) in [7, 11) is 8.38. The molecule has 1 aromatic carbocycles. The van der Waals surface area contributed by atoms with Crippen LogP contribution in [0.3, 0.4) is 0 Å². The van der Waals surface area contributed by atoms with Gasteiger partial charge in [0.25, 0.3) is 0 Å². The van der Waals surface area contributed by atoms with E-state index in [4.69, 9.17) is 37.9 Å². The van der Waals surface area contributed by atoms with Gasteiger partial charge in [-0.3, -0.25) is 57.6 Å². The number of likely N-dealkylation sites (tertiary alicyclic amines) is 2. The Morgan fingerprint density at radius 2 is 1.17 bits per heavy atom. The normalized spacial score (nSPS) is 17.4. The first-order valence-electron chi connectivity index (χ1n) is 40.0. The summed E-state index contributed by atoms with van der Waals surface area (Å²) in [6.07, 6.45) is 0.247. The first-order valence-corrected chi connectivity index (χ1v) is 40.0. The molecule has 0 aliphatic carbocycles. The van der Waals surface area contributed by atoms with Gasteiger partial charge in [-0.15, -0.1) is 0 Å². The lowest BCUT2D eigenvalue weighted by molar-refractivity contribution is -0.158. The number of likely N-dealkylation sites (N-methyl/N-ethyl adjacent to an activating group) is 2. The van der Waals surface area contributed by atoms with E-state index in [-0.39, 0.29) is 146 Å². The number of carbonyl (C=O) groups excluding carboxylic acids is 12. The second-order valence-corrected chi connectivity index (χ2v) is 33.3. The minimum atomic E-state index is -1.39. The number of hydrogen-bond acceptors (Lipinski definition) is 21. The summed E-state index contributed by atoms with van der Waals surface area (Å²) in [5.74, 6) is -7.03. The summed E-state index contributed by atoms with van der Waals surface area (Å²) in [5.41, 5.74) is -1.82. The Kier molecular flexibility index (Phi) is 42.8. The minimum Gasteiger partial charge on any atom is -0.465 e. The molecule has 638 valence electrons. The number of methoxy groups -OCH3 is 2. The van der Waals surface area contributed by atoms with Gasteiger partial charge in [0, 0.05) is 66.8 Å². The van der Waals surface area contributed by atoms with Crippen molar-refractivity contribution in [3.05, 3.63) is 35.9 Å². The van der Waals surface area contributed by atoms with E-state index in [1.165, 1.54) is 19.1 Å². The van der Waals surface area contributed by atoms with Crippen LogP contribution >= 0.6 is 0 Å². The SMILES string of the molecule is CC[C@H](C)[C@@H]([C@@H](CC(=O)N1CCC[C@H]1[C@H](OC)[C@@H](C)C(=O)N[C@@H](Cc1ccccc1)C(=O)NCCCOC(=O)C(C)(C)CCNC(=O)[C@@H](NC(=O)[C@@H]1CCCN1C(=O)[C@H](CC(=O)OC(C)(C)C)NC(=O)CCOCCOCCOCCNC(=O)OC(C)(C)C)C(C)C)OC)N(C)C(=O)[C@@H](NC(=O)[C@H](C(C)C)N(C)C)C(C)C. The molecule has 0 radical (unpaired) electrons. The molecule has 12 atom stereocenters. The molecule has 10 amide bonds. The molecule has 2 aliphatic heterocycles. The zero-order valence-electron chi connectivity index (χ0n) is 71.3. The lowest BCUT2D eigenvalue weighted by Gasteiger charge is -2.41. The Morgan fingerprint density at radius 3 is 1.74 bits per heavy atom.